The van der Waals surface area contributed by atoms with E-state index < -0.39 is 5.85 Å². The van der Waals surface area contributed by atoms with E-state index in [1.54, 1.807) is 17.0 Å². The van der Waals surface area contributed by atoms with Gasteiger partial charge in [-0.15, -0.1) is 0 Å². The highest BCUT2D eigenvalue weighted by Gasteiger charge is 2.63. The lowest BCUT2D eigenvalue weighted by molar-refractivity contribution is -0.0763. The molecule has 4 aromatic rings. The van der Waals surface area contributed by atoms with Crippen molar-refractivity contribution < 1.29 is 24.1 Å². The number of fused-ring (bicyclic) bond motifs is 4. The van der Waals surface area contributed by atoms with Crippen molar-refractivity contribution in [3.63, 3.8) is 0 Å². The summed E-state index contributed by atoms with van der Waals surface area (Å²) in [5.74, 6) is -0.328. The maximum Gasteiger partial charge on any atom is 0.321 e. The standard InChI is InChI=1S/C33H27N3O5S/c1-39-28-17-21(18-29(40-2)31(28)37)19-30-33(35(32(38)42-30)23-13-7-4-8-14-23)36-26(24-15-9-10-16-27(24)41-33)20-25(34-36)22-11-5-3-6-12-22/h3-19,26,37H,20H2,1-2H3/b30-19-. The van der Waals surface area contributed by atoms with Crippen molar-refractivity contribution in [2.45, 2.75) is 18.3 Å². The third-order valence-electron chi connectivity index (χ3n) is 7.68. The van der Waals surface area contributed by atoms with Gasteiger partial charge in [0.15, 0.2) is 11.5 Å². The van der Waals surface area contributed by atoms with E-state index in [0.717, 1.165) is 28.6 Å². The van der Waals surface area contributed by atoms with Gasteiger partial charge in [-0.1, -0.05) is 66.7 Å². The molecular formula is C33H27N3O5S. The van der Waals surface area contributed by atoms with Crippen LogP contribution in [0, 0.1) is 0 Å². The average Bonchev–Trinajstić information content (AvgIpc) is 3.59. The molecule has 2 atom stereocenters. The average molecular weight is 578 g/mol. The molecule has 1 spiro atoms. The Balaban J connectivity index is 1.48. The third-order valence-corrected chi connectivity index (χ3v) is 8.64. The number of hydrogen-bond donors (Lipinski definition) is 1. The molecule has 0 radical (unpaired) electrons. The van der Waals surface area contributed by atoms with E-state index in [0.29, 0.717) is 28.3 Å². The normalized spacial score (nSPS) is 21.7. The fraction of sp³-hybridized carbons (Fsp3) is 0.152. The molecule has 1 N–H and O–H groups in total. The topological polar surface area (TPSA) is 83.8 Å². The first-order valence-corrected chi connectivity index (χ1v) is 14.3. The zero-order chi connectivity index (χ0) is 28.8. The van der Waals surface area contributed by atoms with E-state index in [2.05, 4.69) is 6.07 Å². The molecule has 0 aromatic heterocycles. The first-order chi connectivity index (χ1) is 20.5. The molecule has 4 aromatic carbocycles. The molecular weight excluding hydrogens is 550 g/mol. The third kappa shape index (κ3) is 4.00. The van der Waals surface area contributed by atoms with E-state index in [9.17, 15) is 9.90 Å². The van der Waals surface area contributed by atoms with Crippen molar-refractivity contribution in [1.82, 2.24) is 5.01 Å². The smallest absolute Gasteiger partial charge is 0.321 e. The Bertz CT molecular complexity index is 1720. The molecule has 8 nitrogen and oxygen atoms in total. The second kappa shape index (κ2) is 10.2. The van der Waals surface area contributed by atoms with E-state index in [1.165, 1.54) is 14.2 Å². The number of benzene rings is 4. The maximum absolute atomic E-state index is 14.0. The lowest BCUT2D eigenvalue weighted by Crippen LogP contribution is -2.63. The first-order valence-electron chi connectivity index (χ1n) is 13.5. The van der Waals surface area contributed by atoms with Gasteiger partial charge in [0.2, 0.25) is 5.75 Å². The minimum absolute atomic E-state index is 0.0996. The highest BCUT2D eigenvalue weighted by atomic mass is 32.2. The van der Waals surface area contributed by atoms with Gasteiger partial charge < -0.3 is 19.3 Å². The molecule has 0 saturated carbocycles. The van der Waals surface area contributed by atoms with Crippen molar-refractivity contribution in [1.29, 1.82) is 0 Å². The number of hydrogen-bond acceptors (Lipinski definition) is 8. The van der Waals surface area contributed by atoms with Gasteiger partial charge in [0.05, 0.1) is 36.6 Å². The van der Waals surface area contributed by atoms with Crippen LogP contribution in [0.15, 0.2) is 107 Å². The van der Waals surface area contributed by atoms with Crippen LogP contribution in [0.2, 0.25) is 0 Å². The predicted molar refractivity (Wildman–Crippen MR) is 163 cm³/mol. The molecule has 3 heterocycles. The minimum atomic E-state index is -1.42. The minimum Gasteiger partial charge on any atom is -0.502 e. The number of amides is 1. The monoisotopic (exact) mass is 577 g/mol. The fourth-order valence-electron chi connectivity index (χ4n) is 5.77. The summed E-state index contributed by atoms with van der Waals surface area (Å²) in [7, 11) is 2.96. The summed E-state index contributed by atoms with van der Waals surface area (Å²) in [6.07, 6.45) is 2.51. The molecule has 2 unspecified atom stereocenters. The summed E-state index contributed by atoms with van der Waals surface area (Å²) in [5.41, 5.74) is 4.27. The summed E-state index contributed by atoms with van der Waals surface area (Å²) in [6, 6.07) is 30.7. The molecule has 0 bridgehead atoms. The number of phenolic OH excluding ortho intramolecular Hbond substituents is 1. The van der Waals surface area contributed by atoms with Gasteiger partial charge >= 0.3 is 5.85 Å². The summed E-state index contributed by atoms with van der Waals surface area (Å²) in [5, 5.41) is 17.4. The van der Waals surface area contributed by atoms with E-state index in [-0.39, 0.29) is 28.5 Å². The Morgan fingerprint density at radius 3 is 2.29 bits per heavy atom. The van der Waals surface area contributed by atoms with Gasteiger partial charge in [-0.2, -0.15) is 5.10 Å². The molecule has 1 fully saturated rings. The lowest BCUT2D eigenvalue weighted by atomic mass is 9.95. The highest BCUT2D eigenvalue weighted by Crippen LogP contribution is 2.57. The molecule has 3 aliphatic heterocycles. The molecule has 9 heteroatoms. The molecule has 1 amide bonds. The van der Waals surface area contributed by atoms with Crippen LogP contribution in [0.4, 0.5) is 10.5 Å². The Morgan fingerprint density at radius 1 is 0.952 bits per heavy atom. The molecule has 1 saturated heterocycles. The number of hydrazone groups is 1. The van der Waals surface area contributed by atoms with Crippen LogP contribution in [-0.4, -0.2) is 41.1 Å². The molecule has 0 aliphatic carbocycles. The first kappa shape index (κ1) is 26.0. The lowest BCUT2D eigenvalue weighted by Gasteiger charge is -2.49. The van der Waals surface area contributed by atoms with Crippen molar-refractivity contribution in [3.05, 3.63) is 119 Å². The molecule has 3 aliphatic rings. The van der Waals surface area contributed by atoms with Crippen LogP contribution in [0.5, 0.6) is 23.0 Å². The van der Waals surface area contributed by atoms with Gasteiger partial charge in [0, 0.05) is 12.0 Å². The molecule has 42 heavy (non-hydrogen) atoms. The Labute approximate surface area is 247 Å². The SMILES string of the molecule is COc1cc(/C=C2\SC(=O)N(c3ccccc3)C23Oc2ccccc2C2CC(c4ccccc4)=NN23)cc(OC)c1O. The number of methoxy groups -OCH3 is 2. The van der Waals surface area contributed by atoms with Gasteiger partial charge in [0.25, 0.3) is 5.24 Å². The number of thioether (sulfide) groups is 1. The van der Waals surface area contributed by atoms with Crippen molar-refractivity contribution >= 4 is 34.5 Å². The summed E-state index contributed by atoms with van der Waals surface area (Å²) in [6.45, 7) is 0. The second-order valence-electron chi connectivity index (χ2n) is 10.0. The second-order valence-corrected chi connectivity index (χ2v) is 11.0. The Kier molecular flexibility index (Phi) is 6.31. The number of nitrogens with zero attached hydrogens (tertiary/aromatic N) is 3. The zero-order valence-electron chi connectivity index (χ0n) is 22.9. The van der Waals surface area contributed by atoms with Crippen LogP contribution < -0.4 is 19.1 Å². The van der Waals surface area contributed by atoms with Crippen LogP contribution in [0.1, 0.15) is 29.2 Å². The van der Waals surface area contributed by atoms with Gasteiger partial charge in [0.1, 0.15) is 5.75 Å². The predicted octanol–water partition coefficient (Wildman–Crippen LogP) is 7.02. The van der Waals surface area contributed by atoms with Crippen molar-refractivity contribution in [2.75, 3.05) is 19.1 Å². The van der Waals surface area contributed by atoms with Crippen LogP contribution >= 0.6 is 11.8 Å². The largest absolute Gasteiger partial charge is 0.502 e. The number of ether oxygens (including phenoxy) is 3. The van der Waals surface area contributed by atoms with Crippen LogP contribution in [0.3, 0.4) is 0 Å². The van der Waals surface area contributed by atoms with Gasteiger partial charge in [-0.05, 0) is 59.3 Å². The number of anilines is 1. The summed E-state index contributed by atoms with van der Waals surface area (Å²) < 4.78 is 17.8. The Hall–Kier alpha value is -4.89. The number of rotatable bonds is 5. The molecule has 7 rings (SSSR count). The van der Waals surface area contributed by atoms with E-state index in [1.807, 2.05) is 89.9 Å². The van der Waals surface area contributed by atoms with E-state index in [4.69, 9.17) is 19.3 Å². The van der Waals surface area contributed by atoms with Crippen molar-refractivity contribution in [2.24, 2.45) is 5.10 Å². The van der Waals surface area contributed by atoms with Gasteiger partial charge in [-0.25, -0.2) is 9.91 Å². The summed E-state index contributed by atoms with van der Waals surface area (Å²) >= 11 is 1.09. The van der Waals surface area contributed by atoms with Crippen LogP contribution in [-0.2, 0) is 0 Å². The highest BCUT2D eigenvalue weighted by molar-refractivity contribution is 8.17. The summed E-state index contributed by atoms with van der Waals surface area (Å²) in [4.78, 5) is 16.3. The number of phenols is 1. The number of carbonyl (C=O) groups excluding carboxylic acids is 1. The number of carbonyl (C=O) groups is 1. The number of para-hydroxylation sites is 2. The van der Waals surface area contributed by atoms with Crippen molar-refractivity contribution in [3.8, 4) is 23.0 Å². The maximum atomic E-state index is 14.0. The molecule has 210 valence electrons. The van der Waals surface area contributed by atoms with Crippen LogP contribution in [0.25, 0.3) is 6.08 Å². The van der Waals surface area contributed by atoms with E-state index >= 15 is 0 Å². The quantitative estimate of drug-likeness (QED) is 0.273. The Morgan fingerprint density at radius 2 is 1.60 bits per heavy atom. The number of aromatic hydroxyl groups is 1. The van der Waals surface area contributed by atoms with Gasteiger partial charge in [-0.3, -0.25) is 4.79 Å². The zero-order valence-corrected chi connectivity index (χ0v) is 23.7. The fourth-order valence-corrected chi connectivity index (χ4v) is 6.83.